The second kappa shape index (κ2) is 8.97. The summed E-state index contributed by atoms with van der Waals surface area (Å²) in [7, 11) is 0. The van der Waals surface area contributed by atoms with E-state index in [0.29, 0.717) is 42.0 Å². The van der Waals surface area contributed by atoms with Crippen LogP contribution in [-0.4, -0.2) is 49.4 Å². The fourth-order valence-electron chi connectivity index (χ4n) is 5.57. The molecule has 10 nitrogen and oxygen atoms in total. The maximum atomic E-state index is 15.3. The van der Waals surface area contributed by atoms with Crippen LogP contribution in [0.1, 0.15) is 76.7 Å². The van der Waals surface area contributed by atoms with Gasteiger partial charge in [-0.3, -0.25) is 19.5 Å². The number of carbonyl (C=O) groups excluding carboxylic acids is 2. The third-order valence-electron chi connectivity index (χ3n) is 8.10. The Balaban J connectivity index is 1.11. The summed E-state index contributed by atoms with van der Waals surface area (Å²) in [5.74, 6) is -0.350. The maximum Gasteiger partial charge on any atom is 0.273 e. The number of fused-ring (bicyclic) bond motifs is 1. The number of piperidine rings is 1. The highest BCUT2D eigenvalue weighted by molar-refractivity contribution is 5.99. The standard InChI is InChI=1S/C27H27FN8O2/c1-13-4-5-16(9-29)24(31-13)17-6-19(7-17)32-26(37)22-12-36(34-33-22)15(3)21-10-30-25(23(28)14(21)2)35-11-18-8-20(18)27(35)38/h4-5,10,12,15,17-20H,6-8,11H2,1-3H3,(H,32,37)/t15?,17-,18-,19+,20-/m1/s1. The van der Waals surface area contributed by atoms with E-state index in [-0.39, 0.29) is 41.2 Å². The lowest BCUT2D eigenvalue weighted by molar-refractivity contribution is -0.118. The lowest BCUT2D eigenvalue weighted by atomic mass is 9.76. The molecule has 2 saturated carbocycles. The highest BCUT2D eigenvalue weighted by Gasteiger charge is 2.53. The van der Waals surface area contributed by atoms with E-state index in [2.05, 4.69) is 31.7 Å². The molecule has 194 valence electrons. The van der Waals surface area contributed by atoms with Gasteiger partial charge in [-0.25, -0.2) is 14.1 Å². The van der Waals surface area contributed by atoms with Crippen LogP contribution in [0.5, 0.6) is 0 Å². The largest absolute Gasteiger partial charge is 0.348 e. The fraction of sp³-hybridized carbons (Fsp3) is 0.444. The predicted octanol–water partition coefficient (Wildman–Crippen LogP) is 2.96. The second-order valence-electron chi connectivity index (χ2n) is 10.6. The summed E-state index contributed by atoms with van der Waals surface area (Å²) in [6, 6.07) is 5.33. The zero-order chi connectivity index (χ0) is 26.7. The van der Waals surface area contributed by atoms with Crippen LogP contribution in [0.4, 0.5) is 10.2 Å². The molecule has 38 heavy (non-hydrogen) atoms. The number of aryl methyl sites for hydroxylation is 1. The average Bonchev–Trinajstić information content (AvgIpc) is 3.33. The SMILES string of the molecule is Cc1ccc(C#N)c([C@H]2C[C@@H](NC(=O)c3cn(C(C)c4cnc(N5C[C@H]6C[C@H]6C5=O)c(F)c4C)nn3)C2)n1. The number of amides is 2. The topological polar surface area (TPSA) is 130 Å². The van der Waals surface area contributed by atoms with Crippen molar-refractivity contribution in [1.29, 1.82) is 5.26 Å². The van der Waals surface area contributed by atoms with Gasteiger partial charge in [-0.1, -0.05) is 5.21 Å². The quantitative estimate of drug-likeness (QED) is 0.535. The van der Waals surface area contributed by atoms with E-state index in [0.717, 1.165) is 17.8 Å². The van der Waals surface area contributed by atoms with Crippen molar-refractivity contribution >= 4 is 17.6 Å². The lowest BCUT2D eigenvalue weighted by Crippen LogP contribution is -2.43. The summed E-state index contributed by atoms with van der Waals surface area (Å²) in [4.78, 5) is 35.5. The maximum absolute atomic E-state index is 15.3. The summed E-state index contributed by atoms with van der Waals surface area (Å²) in [5, 5.41) is 20.5. The molecule has 6 rings (SSSR count). The van der Waals surface area contributed by atoms with Gasteiger partial charge in [0.1, 0.15) is 6.07 Å². The van der Waals surface area contributed by atoms with Crippen molar-refractivity contribution in [3.8, 4) is 6.07 Å². The molecule has 3 aliphatic rings. The molecule has 3 aromatic heterocycles. The van der Waals surface area contributed by atoms with Gasteiger partial charge < -0.3 is 5.32 Å². The number of hydrogen-bond donors (Lipinski definition) is 1. The van der Waals surface area contributed by atoms with Crippen LogP contribution in [0.15, 0.2) is 24.5 Å². The molecule has 0 radical (unpaired) electrons. The number of nitrogens with one attached hydrogen (secondary N) is 1. The molecule has 2 amide bonds. The van der Waals surface area contributed by atoms with E-state index in [1.807, 2.05) is 19.9 Å². The smallest absolute Gasteiger partial charge is 0.273 e. The van der Waals surface area contributed by atoms with E-state index in [4.69, 9.17) is 0 Å². The first kappa shape index (κ1) is 24.2. The molecular weight excluding hydrogens is 487 g/mol. The molecule has 3 fully saturated rings. The molecule has 1 unspecified atom stereocenters. The van der Waals surface area contributed by atoms with Gasteiger partial charge in [0.25, 0.3) is 5.91 Å². The van der Waals surface area contributed by atoms with Gasteiger partial charge in [-0.05, 0) is 63.6 Å². The molecule has 0 bridgehead atoms. The minimum absolute atomic E-state index is 0.0230. The minimum Gasteiger partial charge on any atom is -0.348 e. The minimum atomic E-state index is -0.510. The predicted molar refractivity (Wildman–Crippen MR) is 134 cm³/mol. The molecule has 0 aromatic carbocycles. The van der Waals surface area contributed by atoms with Crippen molar-refractivity contribution in [1.82, 2.24) is 30.3 Å². The Hall–Kier alpha value is -4.20. The zero-order valence-electron chi connectivity index (χ0n) is 21.3. The molecule has 0 spiro atoms. The van der Waals surface area contributed by atoms with Crippen molar-refractivity contribution in [3.63, 3.8) is 0 Å². The van der Waals surface area contributed by atoms with Gasteiger partial charge in [0.15, 0.2) is 17.3 Å². The molecule has 1 saturated heterocycles. The molecule has 11 heteroatoms. The van der Waals surface area contributed by atoms with Crippen molar-refractivity contribution in [3.05, 3.63) is 64.1 Å². The number of nitrogens with zero attached hydrogens (tertiary/aromatic N) is 7. The number of rotatable bonds is 6. The molecule has 3 atom stereocenters. The van der Waals surface area contributed by atoms with E-state index < -0.39 is 11.9 Å². The number of aromatic nitrogens is 5. The van der Waals surface area contributed by atoms with Crippen LogP contribution < -0.4 is 10.2 Å². The monoisotopic (exact) mass is 514 g/mol. The van der Waals surface area contributed by atoms with Crippen LogP contribution in [0, 0.1) is 42.8 Å². The molecule has 4 heterocycles. The third-order valence-corrected chi connectivity index (χ3v) is 8.10. The Bertz CT molecular complexity index is 1510. The first-order valence-corrected chi connectivity index (χ1v) is 12.8. The first-order valence-electron chi connectivity index (χ1n) is 12.8. The molecule has 3 aromatic rings. The van der Waals surface area contributed by atoms with Gasteiger partial charge in [0.2, 0.25) is 5.91 Å². The van der Waals surface area contributed by atoms with Crippen molar-refractivity contribution in [2.45, 2.75) is 58.0 Å². The summed E-state index contributed by atoms with van der Waals surface area (Å²) in [6.07, 6.45) is 5.38. The summed E-state index contributed by atoms with van der Waals surface area (Å²) in [6.45, 7) is 5.90. The van der Waals surface area contributed by atoms with Gasteiger partial charge in [0.05, 0.1) is 23.5 Å². The molecule has 1 aliphatic heterocycles. The summed E-state index contributed by atoms with van der Waals surface area (Å²) in [5.41, 5.74) is 3.36. The van der Waals surface area contributed by atoms with Crippen LogP contribution >= 0.6 is 0 Å². The fourth-order valence-corrected chi connectivity index (χ4v) is 5.57. The Morgan fingerprint density at radius 1 is 1.26 bits per heavy atom. The van der Waals surface area contributed by atoms with E-state index >= 15 is 4.39 Å². The van der Waals surface area contributed by atoms with Gasteiger partial charge in [-0.2, -0.15) is 5.26 Å². The van der Waals surface area contributed by atoms with Crippen LogP contribution in [0.25, 0.3) is 0 Å². The number of nitriles is 1. The Kier molecular flexibility index (Phi) is 5.70. The number of anilines is 1. The molecular formula is C27H27FN8O2. The lowest BCUT2D eigenvalue weighted by Gasteiger charge is -2.35. The van der Waals surface area contributed by atoms with E-state index in [1.54, 1.807) is 19.2 Å². The van der Waals surface area contributed by atoms with Crippen molar-refractivity contribution < 1.29 is 14.0 Å². The van der Waals surface area contributed by atoms with Gasteiger partial charge in [-0.15, -0.1) is 5.10 Å². The second-order valence-corrected chi connectivity index (χ2v) is 10.6. The zero-order valence-corrected chi connectivity index (χ0v) is 21.3. The third kappa shape index (κ3) is 4.00. The van der Waals surface area contributed by atoms with Crippen LogP contribution in [-0.2, 0) is 4.79 Å². The highest BCUT2D eigenvalue weighted by atomic mass is 19.1. The Morgan fingerprint density at radius 3 is 2.76 bits per heavy atom. The van der Waals surface area contributed by atoms with Crippen LogP contribution in [0.2, 0.25) is 0 Å². The molecule has 2 aliphatic carbocycles. The van der Waals surface area contributed by atoms with Crippen LogP contribution in [0.3, 0.4) is 0 Å². The summed E-state index contributed by atoms with van der Waals surface area (Å²) < 4.78 is 16.8. The normalized spacial score (nSPS) is 24.4. The van der Waals surface area contributed by atoms with E-state index in [1.165, 1.54) is 15.8 Å². The Morgan fingerprint density at radius 2 is 2.05 bits per heavy atom. The highest BCUT2D eigenvalue weighted by Crippen LogP contribution is 2.47. The average molecular weight is 515 g/mol. The van der Waals surface area contributed by atoms with Crippen molar-refractivity contribution in [2.24, 2.45) is 11.8 Å². The number of pyridine rings is 2. The Labute approximate surface area is 218 Å². The first-order chi connectivity index (χ1) is 18.2. The van der Waals surface area contributed by atoms with Gasteiger partial charge in [0, 0.05) is 41.9 Å². The van der Waals surface area contributed by atoms with E-state index in [9.17, 15) is 14.9 Å². The number of hydrogen-bond acceptors (Lipinski definition) is 7. The van der Waals surface area contributed by atoms with Gasteiger partial charge >= 0.3 is 0 Å². The summed E-state index contributed by atoms with van der Waals surface area (Å²) >= 11 is 0. The molecule has 1 N–H and O–H groups in total. The van der Waals surface area contributed by atoms with Crippen molar-refractivity contribution in [2.75, 3.05) is 11.4 Å². The number of halogens is 1. The number of carbonyl (C=O) groups is 2.